The SMILES string of the molecule is Cc1nnc(Nc2cccc(Cl)c2)s1. The van der Waals surface area contributed by atoms with Gasteiger partial charge >= 0.3 is 0 Å². The zero-order valence-electron chi connectivity index (χ0n) is 7.49. The standard InChI is InChI=1S/C9H8ClN3S/c1-6-12-13-9(14-6)11-8-4-2-3-7(10)5-8/h2-5H,1H3,(H,11,13). The predicted molar refractivity (Wildman–Crippen MR) is 59.4 cm³/mol. The molecule has 2 rings (SSSR count). The highest BCUT2D eigenvalue weighted by Crippen LogP contribution is 2.22. The number of nitrogens with one attached hydrogen (secondary N) is 1. The lowest BCUT2D eigenvalue weighted by Crippen LogP contribution is -1.88. The molecule has 1 aromatic carbocycles. The van der Waals surface area contributed by atoms with Gasteiger partial charge in [-0.15, -0.1) is 10.2 Å². The fourth-order valence-corrected chi connectivity index (χ4v) is 1.84. The van der Waals surface area contributed by atoms with Crippen LogP contribution in [-0.2, 0) is 0 Å². The molecular formula is C9H8ClN3S. The van der Waals surface area contributed by atoms with Gasteiger partial charge in [-0.1, -0.05) is 29.0 Å². The molecule has 0 saturated carbocycles. The smallest absolute Gasteiger partial charge is 0.210 e. The van der Waals surface area contributed by atoms with Crippen LogP contribution in [0, 0.1) is 6.92 Å². The number of aryl methyl sites for hydroxylation is 1. The van der Waals surface area contributed by atoms with Crippen LogP contribution in [-0.4, -0.2) is 10.2 Å². The van der Waals surface area contributed by atoms with Crippen molar-refractivity contribution in [1.82, 2.24) is 10.2 Å². The summed E-state index contributed by atoms with van der Waals surface area (Å²) in [6.45, 7) is 1.92. The van der Waals surface area contributed by atoms with E-state index in [4.69, 9.17) is 11.6 Å². The van der Waals surface area contributed by atoms with E-state index < -0.39 is 0 Å². The molecule has 5 heteroatoms. The number of halogens is 1. The molecule has 0 atom stereocenters. The molecule has 72 valence electrons. The largest absolute Gasteiger partial charge is 0.330 e. The molecule has 0 unspecified atom stereocenters. The van der Waals surface area contributed by atoms with Gasteiger partial charge in [0.1, 0.15) is 5.01 Å². The zero-order chi connectivity index (χ0) is 9.97. The fraction of sp³-hybridized carbons (Fsp3) is 0.111. The van der Waals surface area contributed by atoms with Crippen molar-refractivity contribution in [3.63, 3.8) is 0 Å². The molecule has 0 aliphatic carbocycles. The van der Waals surface area contributed by atoms with Gasteiger partial charge in [-0.05, 0) is 25.1 Å². The molecule has 14 heavy (non-hydrogen) atoms. The number of hydrogen-bond donors (Lipinski definition) is 1. The normalized spacial score (nSPS) is 10.1. The lowest BCUT2D eigenvalue weighted by atomic mass is 10.3. The Hall–Kier alpha value is -1.13. The maximum atomic E-state index is 5.84. The van der Waals surface area contributed by atoms with Crippen LogP contribution in [0.2, 0.25) is 5.02 Å². The van der Waals surface area contributed by atoms with E-state index in [2.05, 4.69) is 15.5 Å². The molecule has 0 fully saturated rings. The zero-order valence-corrected chi connectivity index (χ0v) is 9.06. The Labute approximate surface area is 90.8 Å². The molecule has 0 aliphatic rings. The van der Waals surface area contributed by atoms with Crippen LogP contribution in [0.3, 0.4) is 0 Å². The third-order valence-corrected chi connectivity index (χ3v) is 2.59. The minimum absolute atomic E-state index is 0.705. The lowest BCUT2D eigenvalue weighted by molar-refractivity contribution is 1.05. The molecule has 0 amide bonds. The van der Waals surface area contributed by atoms with Gasteiger partial charge in [0.25, 0.3) is 0 Å². The highest BCUT2D eigenvalue weighted by atomic mass is 35.5. The average Bonchev–Trinajstić information content (AvgIpc) is 2.51. The van der Waals surface area contributed by atoms with Crippen molar-refractivity contribution >= 4 is 33.8 Å². The topological polar surface area (TPSA) is 37.8 Å². The molecule has 1 heterocycles. The third kappa shape index (κ3) is 2.21. The molecule has 0 aliphatic heterocycles. The molecular weight excluding hydrogens is 218 g/mol. The summed E-state index contributed by atoms with van der Waals surface area (Å²) in [4.78, 5) is 0. The van der Waals surface area contributed by atoms with Crippen molar-refractivity contribution in [2.75, 3.05) is 5.32 Å². The summed E-state index contributed by atoms with van der Waals surface area (Å²) in [7, 11) is 0. The quantitative estimate of drug-likeness (QED) is 0.853. The fourth-order valence-electron chi connectivity index (χ4n) is 1.04. The van der Waals surface area contributed by atoms with Crippen molar-refractivity contribution in [1.29, 1.82) is 0 Å². The minimum atomic E-state index is 0.705. The first-order chi connectivity index (χ1) is 6.74. The summed E-state index contributed by atoms with van der Waals surface area (Å²) >= 11 is 7.36. The van der Waals surface area contributed by atoms with E-state index in [-0.39, 0.29) is 0 Å². The molecule has 0 saturated heterocycles. The number of benzene rings is 1. The summed E-state index contributed by atoms with van der Waals surface area (Å²) in [6.07, 6.45) is 0. The summed E-state index contributed by atoms with van der Waals surface area (Å²) in [5.74, 6) is 0. The second-order valence-corrected chi connectivity index (χ2v) is 4.38. The second-order valence-electron chi connectivity index (χ2n) is 2.76. The van der Waals surface area contributed by atoms with Gasteiger partial charge in [-0.3, -0.25) is 0 Å². The molecule has 3 nitrogen and oxygen atoms in total. The van der Waals surface area contributed by atoms with Gasteiger partial charge in [-0.25, -0.2) is 0 Å². The lowest BCUT2D eigenvalue weighted by Gasteiger charge is -2.00. The van der Waals surface area contributed by atoms with E-state index in [1.54, 1.807) is 0 Å². The second kappa shape index (κ2) is 3.94. The van der Waals surface area contributed by atoms with E-state index in [0.717, 1.165) is 15.8 Å². The average molecular weight is 226 g/mol. The Bertz CT molecular complexity index is 441. The molecule has 0 spiro atoms. The van der Waals surface area contributed by atoms with E-state index >= 15 is 0 Å². The first-order valence-corrected chi connectivity index (χ1v) is 5.26. The highest BCUT2D eigenvalue weighted by molar-refractivity contribution is 7.15. The minimum Gasteiger partial charge on any atom is -0.330 e. The maximum Gasteiger partial charge on any atom is 0.210 e. The Morgan fingerprint density at radius 2 is 2.21 bits per heavy atom. The first-order valence-electron chi connectivity index (χ1n) is 4.07. The molecule has 2 aromatic rings. The van der Waals surface area contributed by atoms with E-state index in [1.165, 1.54) is 11.3 Å². The molecule has 0 radical (unpaired) electrons. The van der Waals surface area contributed by atoms with Gasteiger partial charge in [0.15, 0.2) is 0 Å². The summed E-state index contributed by atoms with van der Waals surface area (Å²) in [5.41, 5.74) is 0.925. The van der Waals surface area contributed by atoms with Crippen LogP contribution in [0.4, 0.5) is 10.8 Å². The first kappa shape index (κ1) is 9.43. The Morgan fingerprint density at radius 3 is 2.86 bits per heavy atom. The van der Waals surface area contributed by atoms with E-state index in [9.17, 15) is 0 Å². The molecule has 1 N–H and O–H groups in total. The number of hydrogen-bond acceptors (Lipinski definition) is 4. The Balaban J connectivity index is 2.18. The molecule has 1 aromatic heterocycles. The van der Waals surface area contributed by atoms with Crippen molar-refractivity contribution in [3.05, 3.63) is 34.3 Å². The van der Waals surface area contributed by atoms with Gasteiger partial charge in [-0.2, -0.15) is 0 Å². The third-order valence-electron chi connectivity index (χ3n) is 1.60. The number of anilines is 2. The van der Waals surface area contributed by atoms with Crippen molar-refractivity contribution in [3.8, 4) is 0 Å². The van der Waals surface area contributed by atoms with E-state index in [0.29, 0.717) is 5.02 Å². The van der Waals surface area contributed by atoms with E-state index in [1.807, 2.05) is 31.2 Å². The Kier molecular flexibility index (Phi) is 2.65. The van der Waals surface area contributed by atoms with Crippen LogP contribution in [0.25, 0.3) is 0 Å². The van der Waals surface area contributed by atoms with Crippen LogP contribution in [0.5, 0.6) is 0 Å². The number of rotatable bonds is 2. The van der Waals surface area contributed by atoms with Crippen molar-refractivity contribution < 1.29 is 0 Å². The maximum absolute atomic E-state index is 5.84. The molecule has 0 bridgehead atoms. The van der Waals surface area contributed by atoms with Gasteiger partial charge in [0.05, 0.1) is 0 Å². The summed E-state index contributed by atoms with van der Waals surface area (Å²) in [6, 6.07) is 7.50. The van der Waals surface area contributed by atoms with Crippen LogP contribution < -0.4 is 5.32 Å². The van der Waals surface area contributed by atoms with Crippen LogP contribution in [0.15, 0.2) is 24.3 Å². The number of aromatic nitrogens is 2. The van der Waals surface area contributed by atoms with Crippen molar-refractivity contribution in [2.45, 2.75) is 6.92 Å². The van der Waals surface area contributed by atoms with Gasteiger partial charge in [0, 0.05) is 10.7 Å². The number of nitrogens with zero attached hydrogens (tertiary/aromatic N) is 2. The van der Waals surface area contributed by atoms with Gasteiger partial charge in [0.2, 0.25) is 5.13 Å². The van der Waals surface area contributed by atoms with Crippen molar-refractivity contribution in [2.24, 2.45) is 0 Å². The van der Waals surface area contributed by atoms with Crippen LogP contribution in [0.1, 0.15) is 5.01 Å². The highest BCUT2D eigenvalue weighted by Gasteiger charge is 2.00. The summed E-state index contributed by atoms with van der Waals surface area (Å²) < 4.78 is 0. The summed E-state index contributed by atoms with van der Waals surface area (Å²) in [5, 5.41) is 13.4. The van der Waals surface area contributed by atoms with Gasteiger partial charge < -0.3 is 5.32 Å². The monoisotopic (exact) mass is 225 g/mol. The Morgan fingerprint density at radius 1 is 1.36 bits per heavy atom. The van der Waals surface area contributed by atoms with Crippen LogP contribution >= 0.6 is 22.9 Å². The predicted octanol–water partition coefficient (Wildman–Crippen LogP) is 3.24.